The van der Waals surface area contributed by atoms with Crippen LogP contribution < -0.4 is 5.32 Å². The summed E-state index contributed by atoms with van der Waals surface area (Å²) in [6.07, 6.45) is 2.87. The van der Waals surface area contributed by atoms with Crippen LogP contribution in [0.4, 0.5) is 0 Å². The zero-order chi connectivity index (χ0) is 13.5. The quantitative estimate of drug-likeness (QED) is 0.752. The van der Waals surface area contributed by atoms with Crippen molar-refractivity contribution < 1.29 is 9.90 Å². The van der Waals surface area contributed by atoms with Gasteiger partial charge in [0.15, 0.2) is 0 Å². The summed E-state index contributed by atoms with van der Waals surface area (Å²) in [5, 5.41) is 12.2. The van der Waals surface area contributed by atoms with Gasteiger partial charge in [-0.05, 0) is 18.3 Å². The van der Waals surface area contributed by atoms with E-state index >= 15 is 0 Å². The largest absolute Gasteiger partial charge is 0.395 e. The van der Waals surface area contributed by atoms with Gasteiger partial charge in [0.05, 0.1) is 6.61 Å². The Hall–Kier alpha value is -0.610. The second-order valence-corrected chi connectivity index (χ2v) is 5.78. The van der Waals surface area contributed by atoms with Crippen LogP contribution in [0, 0.1) is 11.8 Å². The van der Waals surface area contributed by atoms with Gasteiger partial charge < -0.3 is 15.3 Å². The Morgan fingerprint density at radius 1 is 1.44 bits per heavy atom. The monoisotopic (exact) mass is 256 g/mol. The first-order valence-electron chi connectivity index (χ1n) is 7.18. The van der Waals surface area contributed by atoms with E-state index in [1.807, 2.05) is 4.90 Å². The smallest absolute Gasteiger partial charge is 0.222 e. The first-order valence-corrected chi connectivity index (χ1v) is 7.18. The Morgan fingerprint density at radius 3 is 2.72 bits per heavy atom. The minimum absolute atomic E-state index is 0.160. The number of aliphatic hydroxyl groups excluding tert-OH is 1. The molecule has 0 aromatic heterocycles. The fourth-order valence-corrected chi connectivity index (χ4v) is 2.60. The molecule has 0 aromatic rings. The highest BCUT2D eigenvalue weighted by Gasteiger charge is 2.28. The van der Waals surface area contributed by atoms with E-state index in [2.05, 4.69) is 26.1 Å². The van der Waals surface area contributed by atoms with E-state index in [1.165, 1.54) is 0 Å². The number of nitrogens with zero attached hydrogens (tertiary/aromatic N) is 1. The van der Waals surface area contributed by atoms with Crippen LogP contribution in [0.15, 0.2) is 0 Å². The third-order valence-corrected chi connectivity index (χ3v) is 3.59. The van der Waals surface area contributed by atoms with Crippen LogP contribution in [-0.4, -0.2) is 48.2 Å². The zero-order valence-electron chi connectivity index (χ0n) is 12.0. The maximum Gasteiger partial charge on any atom is 0.222 e. The Kier molecular flexibility index (Phi) is 6.65. The molecular weight excluding hydrogens is 228 g/mol. The molecule has 4 nitrogen and oxygen atoms in total. The van der Waals surface area contributed by atoms with E-state index in [1.54, 1.807) is 0 Å². The number of aliphatic hydroxyl groups is 1. The van der Waals surface area contributed by atoms with E-state index in [9.17, 15) is 4.79 Å². The lowest BCUT2D eigenvalue weighted by Crippen LogP contribution is -2.51. The van der Waals surface area contributed by atoms with Gasteiger partial charge in [-0.3, -0.25) is 4.79 Å². The minimum Gasteiger partial charge on any atom is -0.395 e. The maximum absolute atomic E-state index is 12.1. The summed E-state index contributed by atoms with van der Waals surface area (Å²) in [6, 6.07) is 0.340. The summed E-state index contributed by atoms with van der Waals surface area (Å²) in [5.74, 6) is 1.29. The van der Waals surface area contributed by atoms with Crippen LogP contribution >= 0.6 is 0 Å². The number of carbonyl (C=O) groups excluding carboxylic acids is 1. The molecule has 0 aliphatic carbocycles. The molecule has 1 amide bonds. The van der Waals surface area contributed by atoms with Crippen molar-refractivity contribution >= 4 is 5.91 Å². The van der Waals surface area contributed by atoms with Crippen molar-refractivity contribution in [1.82, 2.24) is 10.2 Å². The van der Waals surface area contributed by atoms with Gasteiger partial charge in [0.2, 0.25) is 5.91 Å². The highest BCUT2D eigenvalue weighted by Crippen LogP contribution is 2.21. The Morgan fingerprint density at radius 2 is 2.17 bits per heavy atom. The fraction of sp³-hybridized carbons (Fsp3) is 0.929. The molecule has 1 saturated heterocycles. The molecule has 1 aliphatic heterocycles. The standard InChI is InChI=1S/C14H28N2O2/c1-4-12-8-13(15-5-6-17)10-16(9-12)14(18)7-11(2)3/h11-13,15,17H,4-10H2,1-3H3. The van der Waals surface area contributed by atoms with Gasteiger partial charge in [0.25, 0.3) is 0 Å². The van der Waals surface area contributed by atoms with Gasteiger partial charge in [-0.1, -0.05) is 27.2 Å². The molecule has 1 aliphatic rings. The summed E-state index contributed by atoms with van der Waals surface area (Å²) >= 11 is 0. The second kappa shape index (κ2) is 7.74. The lowest BCUT2D eigenvalue weighted by Gasteiger charge is -2.38. The van der Waals surface area contributed by atoms with Gasteiger partial charge in [0.1, 0.15) is 0 Å². The normalized spacial score (nSPS) is 24.6. The Labute approximate surface area is 111 Å². The number of rotatable bonds is 6. The molecule has 18 heavy (non-hydrogen) atoms. The highest BCUT2D eigenvalue weighted by atomic mass is 16.3. The minimum atomic E-state index is 0.160. The molecule has 2 unspecified atom stereocenters. The van der Waals surface area contributed by atoms with Crippen molar-refractivity contribution in [2.45, 2.75) is 46.1 Å². The van der Waals surface area contributed by atoms with Crippen LogP contribution in [0.3, 0.4) is 0 Å². The average molecular weight is 256 g/mol. The molecule has 106 valence electrons. The van der Waals surface area contributed by atoms with Crippen molar-refractivity contribution in [2.75, 3.05) is 26.2 Å². The summed E-state index contributed by atoms with van der Waals surface area (Å²) in [4.78, 5) is 14.1. The van der Waals surface area contributed by atoms with Crippen molar-refractivity contribution in [3.05, 3.63) is 0 Å². The summed E-state index contributed by atoms with van der Waals surface area (Å²) < 4.78 is 0. The lowest BCUT2D eigenvalue weighted by atomic mass is 9.91. The SMILES string of the molecule is CCC1CC(NCCO)CN(C(=O)CC(C)C)C1. The summed E-state index contributed by atoms with van der Waals surface area (Å²) in [5.41, 5.74) is 0. The van der Waals surface area contributed by atoms with Crippen molar-refractivity contribution in [3.63, 3.8) is 0 Å². The highest BCUT2D eigenvalue weighted by molar-refractivity contribution is 5.76. The number of nitrogens with one attached hydrogen (secondary N) is 1. The van der Waals surface area contributed by atoms with Gasteiger partial charge in [0, 0.05) is 32.1 Å². The average Bonchev–Trinajstić information content (AvgIpc) is 2.35. The number of amides is 1. The first kappa shape index (κ1) is 15.4. The van der Waals surface area contributed by atoms with E-state index < -0.39 is 0 Å². The topological polar surface area (TPSA) is 52.6 Å². The molecular formula is C14H28N2O2. The summed E-state index contributed by atoms with van der Waals surface area (Å²) in [6.45, 7) is 8.83. The summed E-state index contributed by atoms with van der Waals surface area (Å²) in [7, 11) is 0. The van der Waals surface area contributed by atoms with Gasteiger partial charge in [-0.25, -0.2) is 0 Å². The number of carbonyl (C=O) groups is 1. The molecule has 0 aromatic carbocycles. The van der Waals surface area contributed by atoms with Crippen molar-refractivity contribution in [2.24, 2.45) is 11.8 Å². The molecule has 0 bridgehead atoms. The van der Waals surface area contributed by atoms with E-state index in [4.69, 9.17) is 5.11 Å². The van der Waals surface area contributed by atoms with Crippen LogP contribution in [0.5, 0.6) is 0 Å². The zero-order valence-corrected chi connectivity index (χ0v) is 12.0. The van der Waals surface area contributed by atoms with Crippen LogP contribution in [0.2, 0.25) is 0 Å². The number of hydrogen-bond donors (Lipinski definition) is 2. The molecule has 4 heteroatoms. The van der Waals surface area contributed by atoms with Gasteiger partial charge in [-0.15, -0.1) is 0 Å². The second-order valence-electron chi connectivity index (χ2n) is 5.78. The van der Waals surface area contributed by atoms with Crippen LogP contribution in [0.1, 0.15) is 40.0 Å². The van der Waals surface area contributed by atoms with E-state index in [0.717, 1.165) is 25.9 Å². The molecule has 0 radical (unpaired) electrons. The molecule has 1 fully saturated rings. The van der Waals surface area contributed by atoms with Crippen LogP contribution in [-0.2, 0) is 4.79 Å². The molecule has 1 rings (SSSR count). The third-order valence-electron chi connectivity index (χ3n) is 3.59. The predicted molar refractivity (Wildman–Crippen MR) is 73.3 cm³/mol. The fourth-order valence-electron chi connectivity index (χ4n) is 2.60. The lowest BCUT2D eigenvalue weighted by molar-refractivity contribution is -0.134. The van der Waals surface area contributed by atoms with E-state index in [-0.39, 0.29) is 12.5 Å². The Bertz CT molecular complexity index is 256. The Balaban J connectivity index is 2.53. The molecule has 2 N–H and O–H groups in total. The van der Waals surface area contributed by atoms with Crippen LogP contribution in [0.25, 0.3) is 0 Å². The van der Waals surface area contributed by atoms with Gasteiger partial charge in [-0.2, -0.15) is 0 Å². The number of hydrogen-bond acceptors (Lipinski definition) is 3. The van der Waals surface area contributed by atoms with E-state index in [0.29, 0.717) is 30.8 Å². The number of piperidine rings is 1. The first-order chi connectivity index (χ1) is 8.56. The molecule has 0 spiro atoms. The molecule has 2 atom stereocenters. The van der Waals surface area contributed by atoms with Gasteiger partial charge >= 0.3 is 0 Å². The molecule has 0 saturated carbocycles. The molecule has 1 heterocycles. The van der Waals surface area contributed by atoms with Crippen molar-refractivity contribution in [3.8, 4) is 0 Å². The predicted octanol–water partition coefficient (Wildman–Crippen LogP) is 1.24. The number of likely N-dealkylation sites (tertiary alicyclic amines) is 1. The van der Waals surface area contributed by atoms with Crippen molar-refractivity contribution in [1.29, 1.82) is 0 Å². The third kappa shape index (κ3) is 4.94. The maximum atomic E-state index is 12.1.